The Kier molecular flexibility index (Phi) is 7.89. The smallest absolute Gasteiger partial charge is 0.245 e. The standard InChI is InChI=1S/C16H28N2O2/c1-7-14(19)17-12-13(3)11-16(4,5)9-10-18(6)15(20)8-2/h7-8,13H,1-2,9-12H2,3-6H3,(H,17,19). The predicted octanol–water partition coefficient (Wildman–Crippen LogP) is 2.38. The van der Waals surface area contributed by atoms with Crippen LogP contribution >= 0.6 is 0 Å². The molecule has 0 fully saturated rings. The first-order valence-corrected chi connectivity index (χ1v) is 6.99. The fourth-order valence-corrected chi connectivity index (χ4v) is 2.20. The minimum Gasteiger partial charge on any atom is -0.352 e. The average Bonchev–Trinajstić information content (AvgIpc) is 2.40. The predicted molar refractivity (Wildman–Crippen MR) is 83.2 cm³/mol. The van der Waals surface area contributed by atoms with Gasteiger partial charge in [-0.15, -0.1) is 0 Å². The van der Waals surface area contributed by atoms with Crippen LogP contribution in [-0.4, -0.2) is 36.9 Å². The van der Waals surface area contributed by atoms with Crippen molar-refractivity contribution in [3.8, 4) is 0 Å². The van der Waals surface area contributed by atoms with E-state index in [-0.39, 0.29) is 17.2 Å². The van der Waals surface area contributed by atoms with Crippen molar-refractivity contribution in [2.45, 2.75) is 33.6 Å². The van der Waals surface area contributed by atoms with Crippen LogP contribution in [0.1, 0.15) is 33.6 Å². The van der Waals surface area contributed by atoms with E-state index in [4.69, 9.17) is 0 Å². The Balaban J connectivity index is 4.16. The van der Waals surface area contributed by atoms with Crippen LogP contribution in [0.3, 0.4) is 0 Å². The van der Waals surface area contributed by atoms with Gasteiger partial charge in [-0.25, -0.2) is 0 Å². The van der Waals surface area contributed by atoms with Crippen molar-refractivity contribution in [3.63, 3.8) is 0 Å². The Bertz CT molecular complexity index is 361. The largest absolute Gasteiger partial charge is 0.352 e. The summed E-state index contributed by atoms with van der Waals surface area (Å²) in [6.45, 7) is 14.8. The zero-order valence-electron chi connectivity index (χ0n) is 13.2. The lowest BCUT2D eigenvalue weighted by molar-refractivity contribution is -0.125. The number of hydrogen-bond donors (Lipinski definition) is 1. The number of rotatable bonds is 9. The maximum atomic E-state index is 11.4. The molecule has 0 spiro atoms. The number of likely N-dealkylation sites (N-methyl/N-ethyl adjacent to an activating group) is 1. The molecule has 0 aromatic carbocycles. The molecule has 0 aromatic rings. The van der Waals surface area contributed by atoms with Crippen LogP contribution in [0.15, 0.2) is 25.3 Å². The lowest BCUT2D eigenvalue weighted by Crippen LogP contribution is -2.32. The molecule has 1 N–H and O–H groups in total. The molecular formula is C16H28N2O2. The molecule has 20 heavy (non-hydrogen) atoms. The summed E-state index contributed by atoms with van der Waals surface area (Å²) in [6, 6.07) is 0. The summed E-state index contributed by atoms with van der Waals surface area (Å²) in [4.78, 5) is 24.2. The number of carbonyl (C=O) groups is 2. The molecule has 2 amide bonds. The second kappa shape index (κ2) is 8.56. The minimum atomic E-state index is -0.133. The molecule has 114 valence electrons. The summed E-state index contributed by atoms with van der Waals surface area (Å²) in [6.07, 6.45) is 4.53. The van der Waals surface area contributed by atoms with Crippen LogP contribution in [0.5, 0.6) is 0 Å². The Morgan fingerprint density at radius 1 is 1.30 bits per heavy atom. The van der Waals surface area contributed by atoms with Gasteiger partial charge in [0, 0.05) is 20.1 Å². The second-order valence-electron chi connectivity index (χ2n) is 6.14. The Labute approximate surface area is 122 Å². The quantitative estimate of drug-likeness (QED) is 0.659. The van der Waals surface area contributed by atoms with Gasteiger partial charge in [-0.2, -0.15) is 0 Å². The van der Waals surface area contributed by atoms with E-state index in [0.717, 1.165) is 12.8 Å². The molecule has 4 heteroatoms. The van der Waals surface area contributed by atoms with E-state index in [0.29, 0.717) is 19.0 Å². The molecule has 0 heterocycles. The van der Waals surface area contributed by atoms with Crippen molar-refractivity contribution in [1.82, 2.24) is 10.2 Å². The molecule has 0 saturated carbocycles. The lowest BCUT2D eigenvalue weighted by Gasteiger charge is -2.30. The van der Waals surface area contributed by atoms with Gasteiger partial charge in [0.25, 0.3) is 0 Å². The van der Waals surface area contributed by atoms with Gasteiger partial charge < -0.3 is 10.2 Å². The maximum Gasteiger partial charge on any atom is 0.245 e. The molecule has 0 rings (SSSR count). The van der Waals surface area contributed by atoms with Gasteiger partial charge in [-0.3, -0.25) is 9.59 Å². The van der Waals surface area contributed by atoms with Gasteiger partial charge in [0.05, 0.1) is 0 Å². The first-order valence-electron chi connectivity index (χ1n) is 6.99. The highest BCUT2D eigenvalue weighted by molar-refractivity contribution is 5.87. The summed E-state index contributed by atoms with van der Waals surface area (Å²) in [5.41, 5.74) is 0.119. The number of amides is 2. The molecule has 0 bridgehead atoms. The van der Waals surface area contributed by atoms with Crippen LogP contribution in [0.4, 0.5) is 0 Å². The van der Waals surface area contributed by atoms with Crippen LogP contribution < -0.4 is 5.32 Å². The monoisotopic (exact) mass is 280 g/mol. The highest BCUT2D eigenvalue weighted by Gasteiger charge is 2.22. The van der Waals surface area contributed by atoms with E-state index < -0.39 is 0 Å². The van der Waals surface area contributed by atoms with Crippen molar-refractivity contribution >= 4 is 11.8 Å². The average molecular weight is 280 g/mol. The number of hydrogen-bond acceptors (Lipinski definition) is 2. The molecular weight excluding hydrogens is 252 g/mol. The fraction of sp³-hybridized carbons (Fsp3) is 0.625. The third kappa shape index (κ3) is 7.77. The fourth-order valence-electron chi connectivity index (χ4n) is 2.20. The minimum absolute atomic E-state index is 0.0490. The zero-order valence-corrected chi connectivity index (χ0v) is 13.2. The number of carbonyl (C=O) groups excluding carboxylic acids is 2. The molecule has 0 saturated heterocycles. The van der Waals surface area contributed by atoms with Gasteiger partial charge in [-0.05, 0) is 36.3 Å². The summed E-state index contributed by atoms with van der Waals surface area (Å²) in [5, 5.41) is 2.81. The molecule has 0 aliphatic carbocycles. The van der Waals surface area contributed by atoms with Crippen LogP contribution in [0.25, 0.3) is 0 Å². The SMILES string of the molecule is C=CC(=O)NCC(C)CC(C)(C)CCN(C)C(=O)C=C. The van der Waals surface area contributed by atoms with Gasteiger partial charge in [0.15, 0.2) is 0 Å². The van der Waals surface area contributed by atoms with Gasteiger partial charge in [0.1, 0.15) is 0 Å². The molecule has 0 radical (unpaired) electrons. The maximum absolute atomic E-state index is 11.4. The van der Waals surface area contributed by atoms with Crippen LogP contribution in [0, 0.1) is 11.3 Å². The van der Waals surface area contributed by atoms with Gasteiger partial charge >= 0.3 is 0 Å². The number of nitrogens with zero attached hydrogens (tertiary/aromatic N) is 1. The summed E-state index contributed by atoms with van der Waals surface area (Å²) < 4.78 is 0. The molecule has 0 aliphatic rings. The second-order valence-corrected chi connectivity index (χ2v) is 6.14. The Morgan fingerprint density at radius 3 is 2.40 bits per heavy atom. The van der Waals surface area contributed by atoms with Crippen molar-refractivity contribution in [2.24, 2.45) is 11.3 Å². The van der Waals surface area contributed by atoms with Crippen LogP contribution in [-0.2, 0) is 9.59 Å². The molecule has 4 nitrogen and oxygen atoms in total. The van der Waals surface area contributed by atoms with Crippen molar-refractivity contribution in [2.75, 3.05) is 20.1 Å². The van der Waals surface area contributed by atoms with E-state index in [1.165, 1.54) is 12.2 Å². The van der Waals surface area contributed by atoms with E-state index in [2.05, 4.69) is 39.2 Å². The zero-order chi connectivity index (χ0) is 15.8. The van der Waals surface area contributed by atoms with Gasteiger partial charge in [-0.1, -0.05) is 33.9 Å². The topological polar surface area (TPSA) is 49.4 Å². The lowest BCUT2D eigenvalue weighted by atomic mass is 9.80. The number of nitrogens with one attached hydrogen (secondary N) is 1. The van der Waals surface area contributed by atoms with Crippen molar-refractivity contribution in [1.29, 1.82) is 0 Å². The Hall–Kier alpha value is -1.58. The van der Waals surface area contributed by atoms with E-state index >= 15 is 0 Å². The highest BCUT2D eigenvalue weighted by Crippen LogP contribution is 2.29. The first-order chi connectivity index (χ1) is 9.21. The molecule has 0 aliphatic heterocycles. The molecule has 1 atom stereocenters. The summed E-state index contributed by atoms with van der Waals surface area (Å²) in [5.74, 6) is 0.201. The van der Waals surface area contributed by atoms with Crippen molar-refractivity contribution in [3.05, 3.63) is 25.3 Å². The first kappa shape index (κ1) is 18.4. The summed E-state index contributed by atoms with van der Waals surface area (Å²) in [7, 11) is 1.79. The summed E-state index contributed by atoms with van der Waals surface area (Å²) >= 11 is 0. The highest BCUT2D eigenvalue weighted by atomic mass is 16.2. The van der Waals surface area contributed by atoms with E-state index in [1.54, 1.807) is 11.9 Å². The van der Waals surface area contributed by atoms with Crippen molar-refractivity contribution < 1.29 is 9.59 Å². The van der Waals surface area contributed by atoms with E-state index in [9.17, 15) is 9.59 Å². The molecule has 1 unspecified atom stereocenters. The normalized spacial score (nSPS) is 12.4. The third-order valence-electron chi connectivity index (χ3n) is 3.39. The van der Waals surface area contributed by atoms with Crippen LogP contribution in [0.2, 0.25) is 0 Å². The van der Waals surface area contributed by atoms with Gasteiger partial charge in [0.2, 0.25) is 11.8 Å². The molecule has 0 aromatic heterocycles. The van der Waals surface area contributed by atoms with E-state index in [1.807, 2.05) is 0 Å². The third-order valence-corrected chi connectivity index (χ3v) is 3.39. The Morgan fingerprint density at radius 2 is 1.90 bits per heavy atom.